The molecule has 0 unspecified atom stereocenters. The minimum Gasteiger partial charge on any atom is -0.493 e. The number of carbonyl (C=O) groups excluding carboxylic acids is 1. The highest BCUT2D eigenvalue weighted by molar-refractivity contribution is 7.80. The maximum atomic E-state index is 13.2. The van der Waals surface area contributed by atoms with Crippen LogP contribution < -0.4 is 14.8 Å². The smallest absolute Gasteiger partial charge is 0.276 e. The second-order valence-electron chi connectivity index (χ2n) is 5.68. The maximum absolute atomic E-state index is 13.2. The fraction of sp³-hybridized carbons (Fsp3) is 0.158. The van der Waals surface area contributed by atoms with Crippen LogP contribution in [0.2, 0.25) is 0 Å². The number of carbonyl (C=O) groups is 1. The average molecular weight is 372 g/mol. The van der Waals surface area contributed by atoms with E-state index in [2.05, 4.69) is 5.32 Å². The van der Waals surface area contributed by atoms with Crippen LogP contribution in [-0.2, 0) is 11.4 Å². The van der Waals surface area contributed by atoms with Crippen molar-refractivity contribution in [1.82, 2.24) is 10.2 Å². The van der Waals surface area contributed by atoms with Crippen molar-refractivity contribution in [3.8, 4) is 11.5 Å². The van der Waals surface area contributed by atoms with Crippen LogP contribution in [0.1, 0.15) is 11.1 Å². The van der Waals surface area contributed by atoms with Crippen molar-refractivity contribution >= 4 is 29.3 Å². The van der Waals surface area contributed by atoms with Gasteiger partial charge < -0.3 is 14.8 Å². The summed E-state index contributed by atoms with van der Waals surface area (Å²) in [5.74, 6) is 0.534. The molecular formula is C19H17FN2O3S. The number of thiocarbonyl (C=S) groups is 1. The van der Waals surface area contributed by atoms with Crippen molar-refractivity contribution in [3.05, 3.63) is 65.1 Å². The summed E-state index contributed by atoms with van der Waals surface area (Å²) in [6, 6.07) is 11.5. The van der Waals surface area contributed by atoms with Crippen LogP contribution in [-0.4, -0.2) is 30.1 Å². The molecule has 134 valence electrons. The molecule has 7 heteroatoms. The molecule has 0 saturated carbocycles. The summed E-state index contributed by atoms with van der Waals surface area (Å²) in [4.78, 5) is 13.4. The highest BCUT2D eigenvalue weighted by Gasteiger charge is 2.26. The Balaban J connectivity index is 1.78. The second-order valence-corrected chi connectivity index (χ2v) is 6.07. The van der Waals surface area contributed by atoms with Gasteiger partial charge in [0.1, 0.15) is 18.1 Å². The van der Waals surface area contributed by atoms with Gasteiger partial charge in [0, 0.05) is 7.05 Å². The average Bonchev–Trinajstić information content (AvgIpc) is 2.87. The topological polar surface area (TPSA) is 50.8 Å². The van der Waals surface area contributed by atoms with E-state index in [1.165, 1.54) is 24.1 Å². The molecule has 5 nitrogen and oxygen atoms in total. The Labute approximate surface area is 156 Å². The lowest BCUT2D eigenvalue weighted by Crippen LogP contribution is -2.25. The van der Waals surface area contributed by atoms with Crippen LogP contribution in [0.3, 0.4) is 0 Å². The third-order valence-corrected chi connectivity index (χ3v) is 4.24. The summed E-state index contributed by atoms with van der Waals surface area (Å²) >= 11 is 5.05. The molecule has 0 aromatic heterocycles. The Morgan fingerprint density at radius 2 is 2.04 bits per heavy atom. The van der Waals surface area contributed by atoms with E-state index in [4.69, 9.17) is 21.7 Å². The fourth-order valence-corrected chi connectivity index (χ4v) is 2.66. The first-order valence-corrected chi connectivity index (χ1v) is 8.25. The van der Waals surface area contributed by atoms with Crippen molar-refractivity contribution in [2.45, 2.75) is 6.61 Å². The minimum absolute atomic E-state index is 0.194. The Kier molecular flexibility index (Phi) is 5.18. The van der Waals surface area contributed by atoms with E-state index in [0.29, 0.717) is 22.3 Å². The van der Waals surface area contributed by atoms with Gasteiger partial charge in [0.05, 0.1) is 7.11 Å². The van der Waals surface area contributed by atoms with Crippen LogP contribution in [0, 0.1) is 5.82 Å². The minimum atomic E-state index is -0.309. The van der Waals surface area contributed by atoms with Gasteiger partial charge >= 0.3 is 0 Å². The Hall–Kier alpha value is -2.93. The molecule has 1 aliphatic heterocycles. The molecule has 0 aliphatic carbocycles. The van der Waals surface area contributed by atoms with Crippen LogP contribution in [0.5, 0.6) is 11.5 Å². The number of halogens is 1. The largest absolute Gasteiger partial charge is 0.493 e. The van der Waals surface area contributed by atoms with E-state index in [0.717, 1.165) is 11.1 Å². The van der Waals surface area contributed by atoms with E-state index in [1.807, 2.05) is 0 Å². The van der Waals surface area contributed by atoms with E-state index in [1.54, 1.807) is 43.5 Å². The molecular weight excluding hydrogens is 355 g/mol. The molecule has 1 fully saturated rings. The van der Waals surface area contributed by atoms with E-state index >= 15 is 0 Å². The van der Waals surface area contributed by atoms with Crippen LogP contribution in [0.25, 0.3) is 6.08 Å². The van der Waals surface area contributed by atoms with Gasteiger partial charge in [0.25, 0.3) is 5.91 Å². The lowest BCUT2D eigenvalue weighted by molar-refractivity contribution is -0.121. The van der Waals surface area contributed by atoms with E-state index < -0.39 is 0 Å². The molecule has 3 rings (SSSR count). The molecule has 0 atom stereocenters. The van der Waals surface area contributed by atoms with Crippen molar-refractivity contribution in [3.63, 3.8) is 0 Å². The van der Waals surface area contributed by atoms with Gasteiger partial charge in [0.2, 0.25) is 0 Å². The summed E-state index contributed by atoms with van der Waals surface area (Å²) in [6.07, 6.45) is 1.69. The Morgan fingerprint density at radius 1 is 1.23 bits per heavy atom. The number of ether oxygens (including phenoxy) is 2. The molecule has 0 radical (unpaired) electrons. The number of hydrogen-bond donors (Lipinski definition) is 1. The summed E-state index contributed by atoms with van der Waals surface area (Å²) in [7, 11) is 3.14. The van der Waals surface area contributed by atoms with Gasteiger partial charge in [-0.2, -0.15) is 0 Å². The molecule has 26 heavy (non-hydrogen) atoms. The van der Waals surface area contributed by atoms with Crippen LogP contribution in [0.15, 0.2) is 48.2 Å². The summed E-state index contributed by atoms with van der Waals surface area (Å²) in [5, 5.41) is 3.23. The highest BCUT2D eigenvalue weighted by Crippen LogP contribution is 2.30. The molecule has 0 bridgehead atoms. The third-order valence-electron chi connectivity index (χ3n) is 3.86. The zero-order chi connectivity index (χ0) is 18.7. The monoisotopic (exact) mass is 372 g/mol. The van der Waals surface area contributed by atoms with E-state index in [-0.39, 0.29) is 18.3 Å². The number of hydrogen-bond acceptors (Lipinski definition) is 4. The fourth-order valence-electron chi connectivity index (χ4n) is 2.47. The van der Waals surface area contributed by atoms with Crippen LogP contribution in [0.4, 0.5) is 4.39 Å². The first-order chi connectivity index (χ1) is 12.5. The predicted octanol–water partition coefficient (Wildman–Crippen LogP) is 3.10. The number of amides is 1. The number of nitrogens with one attached hydrogen (secondary N) is 1. The highest BCUT2D eigenvalue weighted by atomic mass is 32.1. The summed E-state index contributed by atoms with van der Waals surface area (Å²) < 4.78 is 24.3. The zero-order valence-electron chi connectivity index (χ0n) is 14.3. The number of nitrogens with zero attached hydrogens (tertiary/aromatic N) is 1. The molecule has 1 heterocycles. The van der Waals surface area contributed by atoms with Gasteiger partial charge in [-0.05, 0) is 53.7 Å². The van der Waals surface area contributed by atoms with Gasteiger partial charge in [-0.15, -0.1) is 0 Å². The molecule has 2 aromatic carbocycles. The Morgan fingerprint density at radius 3 is 2.69 bits per heavy atom. The lowest BCUT2D eigenvalue weighted by atomic mass is 10.1. The van der Waals surface area contributed by atoms with Crippen molar-refractivity contribution in [2.75, 3.05) is 14.2 Å². The molecule has 1 saturated heterocycles. The van der Waals surface area contributed by atoms with Gasteiger partial charge in [-0.3, -0.25) is 9.69 Å². The van der Waals surface area contributed by atoms with Gasteiger partial charge in [-0.1, -0.05) is 18.2 Å². The van der Waals surface area contributed by atoms with Crippen LogP contribution >= 0.6 is 12.2 Å². The molecule has 0 spiro atoms. The number of likely N-dealkylation sites (N-methyl/N-ethyl adjacent to an activating group) is 1. The third kappa shape index (κ3) is 3.83. The van der Waals surface area contributed by atoms with E-state index in [9.17, 15) is 9.18 Å². The normalized spacial score (nSPS) is 15.3. The SMILES string of the molecule is COc1cc(C=C2NC(=S)N(C)C2=O)ccc1OCc1cccc(F)c1. The first kappa shape index (κ1) is 17.9. The second kappa shape index (κ2) is 7.53. The Bertz CT molecular complexity index is 898. The lowest BCUT2D eigenvalue weighted by Gasteiger charge is -2.11. The summed E-state index contributed by atoms with van der Waals surface area (Å²) in [5.41, 5.74) is 1.87. The number of methoxy groups -OCH3 is 1. The van der Waals surface area contributed by atoms with Gasteiger partial charge in [-0.25, -0.2) is 4.39 Å². The van der Waals surface area contributed by atoms with Crippen molar-refractivity contribution in [2.24, 2.45) is 0 Å². The number of benzene rings is 2. The van der Waals surface area contributed by atoms with Crippen molar-refractivity contribution in [1.29, 1.82) is 0 Å². The molecule has 1 N–H and O–H groups in total. The first-order valence-electron chi connectivity index (χ1n) is 7.84. The van der Waals surface area contributed by atoms with Gasteiger partial charge in [0.15, 0.2) is 16.6 Å². The number of rotatable bonds is 5. The molecule has 1 aliphatic rings. The maximum Gasteiger partial charge on any atom is 0.276 e. The quantitative estimate of drug-likeness (QED) is 0.646. The van der Waals surface area contributed by atoms with Crippen molar-refractivity contribution < 1.29 is 18.7 Å². The predicted molar refractivity (Wildman–Crippen MR) is 100 cm³/mol. The zero-order valence-corrected chi connectivity index (χ0v) is 15.1. The summed E-state index contributed by atoms with van der Waals surface area (Å²) in [6.45, 7) is 0.216. The molecule has 1 amide bonds. The molecule has 2 aromatic rings. The standard InChI is InChI=1S/C19H17FN2O3S/c1-22-18(23)15(21-19(22)26)9-12-6-7-16(17(10-12)24-2)25-11-13-4-3-5-14(20)8-13/h3-10H,11H2,1-2H3,(H,21,26).